The summed E-state index contributed by atoms with van der Waals surface area (Å²) in [6.07, 6.45) is 5.37. The van der Waals surface area contributed by atoms with Crippen LogP contribution < -0.4 is 5.73 Å². The zero-order valence-corrected chi connectivity index (χ0v) is 11.0. The average Bonchev–Trinajstić information content (AvgIpc) is 2.89. The maximum absolute atomic E-state index is 6.35. The second-order valence-corrected chi connectivity index (χ2v) is 6.06. The maximum atomic E-state index is 6.35. The normalized spacial score (nSPS) is 20.2. The van der Waals surface area contributed by atoms with E-state index in [1.807, 2.05) is 11.6 Å². The summed E-state index contributed by atoms with van der Waals surface area (Å²) in [5, 5.41) is 3.17. The molecule has 1 aliphatic rings. The summed E-state index contributed by atoms with van der Waals surface area (Å²) < 4.78 is 0. The van der Waals surface area contributed by atoms with E-state index in [9.17, 15) is 0 Å². The van der Waals surface area contributed by atoms with Gasteiger partial charge in [-0.05, 0) is 39.8 Å². The Kier molecular flexibility index (Phi) is 3.62. The minimum Gasteiger partial charge on any atom is -0.326 e. The summed E-state index contributed by atoms with van der Waals surface area (Å²) in [5.74, 6) is 0. The third-order valence-corrected chi connectivity index (χ3v) is 4.51. The summed E-state index contributed by atoms with van der Waals surface area (Å²) in [7, 11) is 0. The molecular formula is C12H21N3S. The van der Waals surface area contributed by atoms with E-state index in [4.69, 9.17) is 5.73 Å². The third kappa shape index (κ3) is 2.44. The number of hydrogen-bond acceptors (Lipinski definition) is 4. The molecule has 1 atom stereocenters. The predicted octanol–water partition coefficient (Wildman–Crippen LogP) is 1.89. The molecule has 1 saturated heterocycles. The first-order valence-electron chi connectivity index (χ1n) is 5.99. The largest absolute Gasteiger partial charge is 0.326 e. The van der Waals surface area contributed by atoms with Crippen LogP contribution in [0.3, 0.4) is 0 Å². The van der Waals surface area contributed by atoms with Crippen molar-refractivity contribution < 1.29 is 0 Å². The van der Waals surface area contributed by atoms with Crippen LogP contribution in [0.1, 0.15) is 31.7 Å². The molecule has 0 amide bonds. The van der Waals surface area contributed by atoms with Gasteiger partial charge in [-0.15, -0.1) is 11.3 Å². The molecule has 0 aromatic carbocycles. The molecule has 1 aromatic heterocycles. The van der Waals surface area contributed by atoms with Crippen LogP contribution in [-0.4, -0.2) is 34.6 Å². The smallest absolute Gasteiger partial charge is 0.0940 e. The zero-order chi connectivity index (χ0) is 11.6. The SMILES string of the molecule is CC(C)(C(N)Cc1nccs1)N1CCCC1. The van der Waals surface area contributed by atoms with Crippen LogP contribution >= 0.6 is 11.3 Å². The van der Waals surface area contributed by atoms with Gasteiger partial charge in [0.25, 0.3) is 0 Å². The van der Waals surface area contributed by atoms with Crippen molar-refractivity contribution in [3.63, 3.8) is 0 Å². The number of hydrogen-bond donors (Lipinski definition) is 1. The van der Waals surface area contributed by atoms with Crippen LogP contribution in [0.15, 0.2) is 11.6 Å². The number of nitrogens with zero attached hydrogens (tertiary/aromatic N) is 2. The van der Waals surface area contributed by atoms with Crippen LogP contribution in [0.2, 0.25) is 0 Å². The molecule has 2 rings (SSSR count). The van der Waals surface area contributed by atoms with Gasteiger partial charge in [-0.1, -0.05) is 0 Å². The van der Waals surface area contributed by atoms with Crippen molar-refractivity contribution in [1.29, 1.82) is 0 Å². The highest BCUT2D eigenvalue weighted by Gasteiger charge is 2.34. The molecule has 0 bridgehead atoms. The van der Waals surface area contributed by atoms with Gasteiger partial charge >= 0.3 is 0 Å². The fraction of sp³-hybridized carbons (Fsp3) is 0.750. The van der Waals surface area contributed by atoms with Crippen LogP contribution in [-0.2, 0) is 6.42 Å². The maximum Gasteiger partial charge on any atom is 0.0940 e. The molecule has 0 spiro atoms. The Hall–Kier alpha value is -0.450. The van der Waals surface area contributed by atoms with Crippen LogP contribution in [0.5, 0.6) is 0 Å². The Labute approximate surface area is 102 Å². The van der Waals surface area contributed by atoms with Gasteiger partial charge in [-0.2, -0.15) is 0 Å². The Bertz CT molecular complexity index is 315. The van der Waals surface area contributed by atoms with Gasteiger partial charge in [0, 0.05) is 29.6 Å². The summed E-state index contributed by atoms with van der Waals surface area (Å²) in [4.78, 5) is 6.84. The molecule has 2 N–H and O–H groups in total. The minimum atomic E-state index is 0.0855. The monoisotopic (exact) mass is 239 g/mol. The van der Waals surface area contributed by atoms with Gasteiger partial charge in [0.05, 0.1) is 5.01 Å². The van der Waals surface area contributed by atoms with Crippen molar-refractivity contribution in [3.8, 4) is 0 Å². The van der Waals surface area contributed by atoms with Gasteiger partial charge in [0.15, 0.2) is 0 Å². The lowest BCUT2D eigenvalue weighted by atomic mass is 9.91. The highest BCUT2D eigenvalue weighted by molar-refractivity contribution is 7.09. The molecule has 1 aromatic rings. The van der Waals surface area contributed by atoms with E-state index < -0.39 is 0 Å². The first-order valence-corrected chi connectivity index (χ1v) is 6.87. The topological polar surface area (TPSA) is 42.1 Å². The van der Waals surface area contributed by atoms with Crippen molar-refractivity contribution in [3.05, 3.63) is 16.6 Å². The first-order chi connectivity index (χ1) is 7.60. The van der Waals surface area contributed by atoms with Crippen molar-refractivity contribution >= 4 is 11.3 Å². The lowest BCUT2D eigenvalue weighted by molar-refractivity contribution is 0.123. The molecule has 0 radical (unpaired) electrons. The van der Waals surface area contributed by atoms with Crippen LogP contribution in [0.25, 0.3) is 0 Å². The minimum absolute atomic E-state index is 0.0855. The molecule has 4 heteroatoms. The highest BCUT2D eigenvalue weighted by Crippen LogP contribution is 2.25. The molecule has 2 heterocycles. The van der Waals surface area contributed by atoms with E-state index in [1.165, 1.54) is 25.9 Å². The Morgan fingerprint density at radius 1 is 1.50 bits per heavy atom. The Morgan fingerprint density at radius 3 is 2.75 bits per heavy atom. The van der Waals surface area contributed by atoms with E-state index >= 15 is 0 Å². The Balaban J connectivity index is 1.99. The molecule has 1 unspecified atom stereocenters. The van der Waals surface area contributed by atoms with Gasteiger partial charge in [-0.3, -0.25) is 4.90 Å². The summed E-state index contributed by atoms with van der Waals surface area (Å²) in [5.41, 5.74) is 6.43. The molecule has 1 aliphatic heterocycles. The van der Waals surface area contributed by atoms with Crippen LogP contribution in [0.4, 0.5) is 0 Å². The molecular weight excluding hydrogens is 218 g/mol. The van der Waals surface area contributed by atoms with Gasteiger partial charge in [0.1, 0.15) is 0 Å². The lowest BCUT2D eigenvalue weighted by Gasteiger charge is -2.40. The fourth-order valence-electron chi connectivity index (χ4n) is 2.32. The molecule has 0 aliphatic carbocycles. The van der Waals surface area contributed by atoms with Crippen molar-refractivity contribution in [2.75, 3.05) is 13.1 Å². The number of nitrogens with two attached hydrogens (primary N) is 1. The second kappa shape index (κ2) is 4.82. The average molecular weight is 239 g/mol. The quantitative estimate of drug-likeness (QED) is 0.872. The standard InChI is InChI=1S/C12H21N3S/c1-12(2,15-6-3-4-7-15)10(13)9-11-14-5-8-16-11/h5,8,10H,3-4,6-7,9,13H2,1-2H3. The molecule has 16 heavy (non-hydrogen) atoms. The molecule has 90 valence electrons. The van der Waals surface area contributed by atoms with Crippen LogP contribution in [0, 0.1) is 0 Å². The third-order valence-electron chi connectivity index (χ3n) is 3.71. The fourth-order valence-corrected chi connectivity index (χ4v) is 3.00. The van der Waals surface area contributed by atoms with Crippen molar-refractivity contribution in [2.24, 2.45) is 5.73 Å². The van der Waals surface area contributed by atoms with Gasteiger partial charge < -0.3 is 5.73 Å². The zero-order valence-electron chi connectivity index (χ0n) is 10.1. The summed E-state index contributed by atoms with van der Waals surface area (Å²) in [6, 6.07) is 0.164. The number of thiazole rings is 1. The van der Waals surface area contributed by atoms with Gasteiger partial charge in [0.2, 0.25) is 0 Å². The summed E-state index contributed by atoms with van der Waals surface area (Å²) >= 11 is 1.70. The first kappa shape index (κ1) is 12.0. The highest BCUT2D eigenvalue weighted by atomic mass is 32.1. The Morgan fingerprint density at radius 2 is 2.19 bits per heavy atom. The number of aromatic nitrogens is 1. The van der Waals surface area contributed by atoms with E-state index in [0.29, 0.717) is 0 Å². The van der Waals surface area contributed by atoms with E-state index in [-0.39, 0.29) is 11.6 Å². The van der Waals surface area contributed by atoms with E-state index in [2.05, 4.69) is 23.7 Å². The molecule has 3 nitrogen and oxygen atoms in total. The van der Waals surface area contributed by atoms with Crippen molar-refractivity contribution in [1.82, 2.24) is 9.88 Å². The number of rotatable bonds is 4. The lowest BCUT2D eigenvalue weighted by Crippen LogP contribution is -2.55. The second-order valence-electron chi connectivity index (χ2n) is 5.08. The van der Waals surface area contributed by atoms with Crippen molar-refractivity contribution in [2.45, 2.75) is 44.7 Å². The van der Waals surface area contributed by atoms with E-state index in [1.54, 1.807) is 11.3 Å². The predicted molar refractivity (Wildman–Crippen MR) is 68.7 cm³/mol. The summed E-state index contributed by atoms with van der Waals surface area (Å²) in [6.45, 7) is 6.91. The van der Waals surface area contributed by atoms with E-state index in [0.717, 1.165) is 11.4 Å². The number of likely N-dealkylation sites (tertiary alicyclic amines) is 1. The van der Waals surface area contributed by atoms with Gasteiger partial charge in [-0.25, -0.2) is 4.98 Å². The molecule has 0 saturated carbocycles. The molecule has 1 fully saturated rings.